The Morgan fingerprint density at radius 2 is 1.54 bits per heavy atom. The molecule has 0 heterocycles. The zero-order valence-corrected chi connectivity index (χ0v) is 15.2. The lowest BCUT2D eigenvalue weighted by molar-refractivity contribution is -0.131. The van der Waals surface area contributed by atoms with Crippen LogP contribution in [0.3, 0.4) is 0 Å². The molecule has 0 saturated carbocycles. The molecule has 0 bridgehead atoms. The van der Waals surface area contributed by atoms with Crippen LogP contribution < -0.4 is 14.2 Å². The van der Waals surface area contributed by atoms with Crippen LogP contribution >= 0.6 is 0 Å². The first-order valence-electron chi connectivity index (χ1n) is 7.77. The van der Waals surface area contributed by atoms with Gasteiger partial charge in [0.25, 0.3) is 5.91 Å². The highest BCUT2D eigenvalue weighted by atomic mass is 16.5. The summed E-state index contributed by atoms with van der Waals surface area (Å²) < 4.78 is 15.8. The molecule has 7 nitrogen and oxygen atoms in total. The number of benzene rings is 1. The van der Waals surface area contributed by atoms with Crippen molar-refractivity contribution in [1.82, 2.24) is 9.80 Å². The van der Waals surface area contributed by atoms with E-state index >= 15 is 0 Å². The summed E-state index contributed by atoms with van der Waals surface area (Å²) in [6, 6.07) is 3.23. The Kier molecular flexibility index (Phi) is 7.35. The number of methoxy groups -OCH3 is 3. The summed E-state index contributed by atoms with van der Waals surface area (Å²) >= 11 is 0. The smallest absolute Gasteiger partial charge is 0.257 e. The van der Waals surface area contributed by atoms with E-state index in [-0.39, 0.29) is 24.1 Å². The van der Waals surface area contributed by atoms with E-state index in [1.54, 1.807) is 24.1 Å². The Hall–Kier alpha value is -2.44. The first-order chi connectivity index (χ1) is 11.4. The van der Waals surface area contributed by atoms with Gasteiger partial charge in [0, 0.05) is 20.1 Å². The van der Waals surface area contributed by atoms with Gasteiger partial charge in [0.1, 0.15) is 0 Å². The molecule has 1 aromatic rings. The second kappa shape index (κ2) is 9.00. The lowest BCUT2D eigenvalue weighted by Crippen LogP contribution is -2.41. The van der Waals surface area contributed by atoms with Gasteiger partial charge >= 0.3 is 0 Å². The lowest BCUT2D eigenvalue weighted by Gasteiger charge is -2.24. The molecule has 0 aliphatic heterocycles. The van der Waals surface area contributed by atoms with E-state index in [2.05, 4.69) is 0 Å². The average Bonchev–Trinajstić information content (AvgIpc) is 2.60. The van der Waals surface area contributed by atoms with E-state index in [0.29, 0.717) is 30.2 Å². The molecule has 7 heteroatoms. The molecule has 134 valence electrons. The maximum Gasteiger partial charge on any atom is 0.257 e. The van der Waals surface area contributed by atoms with E-state index < -0.39 is 0 Å². The Morgan fingerprint density at radius 3 is 2.00 bits per heavy atom. The van der Waals surface area contributed by atoms with E-state index in [0.717, 1.165) is 0 Å². The predicted octanol–water partition coefficient (Wildman–Crippen LogP) is 1.65. The number of ether oxygens (including phenoxy) is 3. The van der Waals surface area contributed by atoms with Gasteiger partial charge in [-0.15, -0.1) is 0 Å². The number of amides is 2. The van der Waals surface area contributed by atoms with E-state index in [1.165, 1.54) is 26.2 Å². The summed E-state index contributed by atoms with van der Waals surface area (Å²) in [6.45, 7) is 5.02. The van der Waals surface area contributed by atoms with Crippen molar-refractivity contribution in [2.75, 3.05) is 48.0 Å². The molecule has 0 N–H and O–H groups in total. The van der Waals surface area contributed by atoms with Gasteiger partial charge in [-0.25, -0.2) is 0 Å². The minimum Gasteiger partial charge on any atom is -0.493 e. The molecule has 1 aromatic carbocycles. The van der Waals surface area contributed by atoms with Crippen LogP contribution in [0, 0.1) is 0 Å². The molecule has 0 radical (unpaired) electrons. The largest absolute Gasteiger partial charge is 0.493 e. The number of nitrogens with zero attached hydrogens (tertiary/aromatic N) is 2. The third-order valence-corrected chi connectivity index (χ3v) is 3.77. The summed E-state index contributed by atoms with van der Waals surface area (Å²) in [4.78, 5) is 27.9. The minimum absolute atomic E-state index is 0.00197. The van der Waals surface area contributed by atoms with Gasteiger partial charge in [0.2, 0.25) is 11.7 Å². The Balaban J connectivity index is 3.08. The van der Waals surface area contributed by atoms with Crippen LogP contribution in [0.25, 0.3) is 0 Å². The molecule has 0 saturated heterocycles. The van der Waals surface area contributed by atoms with Gasteiger partial charge in [0.15, 0.2) is 11.5 Å². The molecule has 2 amide bonds. The highest BCUT2D eigenvalue weighted by molar-refractivity contribution is 5.99. The molecule has 1 rings (SSSR count). The Bertz CT molecular complexity index is 585. The molecule has 0 unspecified atom stereocenters. The van der Waals surface area contributed by atoms with Gasteiger partial charge in [-0.2, -0.15) is 0 Å². The second-order valence-electron chi connectivity index (χ2n) is 5.11. The standard InChI is InChI=1S/C17H26N2O5/c1-7-19(8-2)14(20)11-18(3)17(21)12-9-10-13(22-4)16(24-6)15(12)23-5/h9-10H,7-8,11H2,1-6H3. The fraction of sp³-hybridized carbons (Fsp3) is 0.529. The van der Waals surface area contributed by atoms with Gasteiger partial charge in [-0.3, -0.25) is 9.59 Å². The van der Waals surface area contributed by atoms with Gasteiger partial charge in [-0.1, -0.05) is 0 Å². The first-order valence-corrected chi connectivity index (χ1v) is 7.77. The number of hydrogen-bond donors (Lipinski definition) is 0. The maximum absolute atomic E-state index is 12.7. The molecule has 0 aliphatic carbocycles. The Morgan fingerprint density at radius 1 is 0.958 bits per heavy atom. The fourth-order valence-electron chi connectivity index (χ4n) is 2.43. The number of rotatable bonds is 8. The number of carbonyl (C=O) groups excluding carboxylic acids is 2. The minimum atomic E-state index is -0.326. The zero-order chi connectivity index (χ0) is 18.3. The van der Waals surface area contributed by atoms with E-state index in [9.17, 15) is 9.59 Å². The van der Waals surface area contributed by atoms with Crippen LogP contribution in [0.5, 0.6) is 17.2 Å². The summed E-state index contributed by atoms with van der Waals surface area (Å²) in [6.07, 6.45) is 0. The van der Waals surface area contributed by atoms with Crippen LogP contribution in [-0.4, -0.2) is 69.6 Å². The summed E-state index contributed by atoms with van der Waals surface area (Å²) in [7, 11) is 6.02. The topological polar surface area (TPSA) is 68.3 Å². The van der Waals surface area contributed by atoms with Crippen LogP contribution in [-0.2, 0) is 4.79 Å². The summed E-state index contributed by atoms with van der Waals surface area (Å²) in [5, 5.41) is 0. The summed E-state index contributed by atoms with van der Waals surface area (Å²) in [5.41, 5.74) is 0.310. The zero-order valence-electron chi connectivity index (χ0n) is 15.2. The SMILES string of the molecule is CCN(CC)C(=O)CN(C)C(=O)c1ccc(OC)c(OC)c1OC. The number of hydrogen-bond acceptors (Lipinski definition) is 5. The van der Waals surface area contributed by atoms with Crippen molar-refractivity contribution in [3.63, 3.8) is 0 Å². The van der Waals surface area contributed by atoms with Crippen molar-refractivity contribution in [1.29, 1.82) is 0 Å². The number of carbonyl (C=O) groups is 2. The molecule has 24 heavy (non-hydrogen) atoms. The van der Waals surface area contributed by atoms with Gasteiger partial charge in [-0.05, 0) is 26.0 Å². The van der Waals surface area contributed by atoms with Gasteiger partial charge < -0.3 is 24.0 Å². The van der Waals surface area contributed by atoms with Crippen molar-refractivity contribution in [2.24, 2.45) is 0 Å². The quantitative estimate of drug-likeness (QED) is 0.721. The average molecular weight is 338 g/mol. The van der Waals surface area contributed by atoms with Gasteiger partial charge in [0.05, 0.1) is 33.4 Å². The van der Waals surface area contributed by atoms with Crippen LogP contribution in [0.1, 0.15) is 24.2 Å². The molecular weight excluding hydrogens is 312 g/mol. The number of likely N-dealkylation sites (N-methyl/N-ethyl adjacent to an activating group) is 2. The van der Waals surface area contributed by atoms with Crippen molar-refractivity contribution in [3.8, 4) is 17.2 Å². The van der Waals surface area contributed by atoms with Crippen molar-refractivity contribution in [3.05, 3.63) is 17.7 Å². The summed E-state index contributed by atoms with van der Waals surface area (Å²) in [5.74, 6) is 0.662. The van der Waals surface area contributed by atoms with Crippen LogP contribution in [0.15, 0.2) is 12.1 Å². The molecule has 0 atom stereocenters. The normalized spacial score (nSPS) is 10.1. The monoisotopic (exact) mass is 338 g/mol. The van der Waals surface area contributed by atoms with Crippen molar-refractivity contribution < 1.29 is 23.8 Å². The lowest BCUT2D eigenvalue weighted by atomic mass is 10.1. The third-order valence-electron chi connectivity index (χ3n) is 3.77. The maximum atomic E-state index is 12.7. The van der Waals surface area contributed by atoms with E-state index in [1.807, 2.05) is 13.8 Å². The molecule has 0 fully saturated rings. The van der Waals surface area contributed by atoms with Crippen LogP contribution in [0.2, 0.25) is 0 Å². The molecule has 0 aromatic heterocycles. The third kappa shape index (κ3) is 4.10. The molecule has 0 spiro atoms. The van der Waals surface area contributed by atoms with Crippen molar-refractivity contribution in [2.45, 2.75) is 13.8 Å². The second-order valence-corrected chi connectivity index (χ2v) is 5.11. The Labute approximate surface area is 143 Å². The van der Waals surface area contributed by atoms with Crippen LogP contribution in [0.4, 0.5) is 0 Å². The van der Waals surface area contributed by atoms with E-state index in [4.69, 9.17) is 14.2 Å². The first kappa shape index (κ1) is 19.6. The van der Waals surface area contributed by atoms with Crippen molar-refractivity contribution >= 4 is 11.8 Å². The fourth-order valence-corrected chi connectivity index (χ4v) is 2.43. The highest BCUT2D eigenvalue weighted by Gasteiger charge is 2.24. The molecule has 0 aliphatic rings. The molecular formula is C17H26N2O5. The predicted molar refractivity (Wildman–Crippen MR) is 91.0 cm³/mol. The highest BCUT2D eigenvalue weighted by Crippen LogP contribution is 2.40.